The van der Waals surface area contributed by atoms with Crippen molar-refractivity contribution in [1.29, 1.82) is 0 Å². The van der Waals surface area contributed by atoms with Crippen LogP contribution in [-0.2, 0) is 6.42 Å². The Morgan fingerprint density at radius 1 is 1.19 bits per heavy atom. The Morgan fingerprint density at radius 2 is 1.81 bits per heavy atom. The molecule has 0 aliphatic carbocycles. The summed E-state index contributed by atoms with van der Waals surface area (Å²) in [6, 6.07) is 8.67. The highest BCUT2D eigenvalue weighted by Gasteiger charge is 2.18. The van der Waals surface area contributed by atoms with Crippen LogP contribution in [0, 0.1) is 11.3 Å². The number of methoxy groups -OCH3 is 1. The van der Waals surface area contributed by atoms with Crippen molar-refractivity contribution >= 4 is 0 Å². The van der Waals surface area contributed by atoms with Gasteiger partial charge in [0.25, 0.3) is 0 Å². The predicted molar refractivity (Wildman–Crippen MR) is 90.3 cm³/mol. The van der Waals surface area contributed by atoms with E-state index < -0.39 is 0 Å². The zero-order valence-corrected chi connectivity index (χ0v) is 14.3. The maximum Gasteiger partial charge on any atom is 0.118 e. The molecule has 0 bridgehead atoms. The van der Waals surface area contributed by atoms with Gasteiger partial charge in [-0.05, 0) is 54.7 Å². The molecule has 3 nitrogen and oxygen atoms in total. The fourth-order valence-corrected chi connectivity index (χ4v) is 3.02. The lowest BCUT2D eigenvalue weighted by molar-refractivity contribution is 0.271. The van der Waals surface area contributed by atoms with E-state index in [1.54, 1.807) is 7.11 Å². The molecule has 0 aliphatic heterocycles. The maximum atomic E-state index is 5.72. The Hall–Kier alpha value is -1.06. The molecule has 3 N–H and O–H groups in total. The van der Waals surface area contributed by atoms with Gasteiger partial charge < -0.3 is 4.74 Å². The van der Waals surface area contributed by atoms with Crippen molar-refractivity contribution in [3.8, 4) is 5.75 Å². The smallest absolute Gasteiger partial charge is 0.118 e. The largest absolute Gasteiger partial charge is 0.497 e. The molecule has 2 unspecified atom stereocenters. The van der Waals surface area contributed by atoms with Gasteiger partial charge in [0.1, 0.15) is 5.75 Å². The van der Waals surface area contributed by atoms with Gasteiger partial charge in [0.2, 0.25) is 0 Å². The van der Waals surface area contributed by atoms with Crippen LogP contribution < -0.4 is 16.0 Å². The number of hydrazine groups is 1. The van der Waals surface area contributed by atoms with E-state index in [4.69, 9.17) is 10.6 Å². The van der Waals surface area contributed by atoms with Gasteiger partial charge in [-0.25, -0.2) is 0 Å². The van der Waals surface area contributed by atoms with Gasteiger partial charge in [0.05, 0.1) is 7.11 Å². The van der Waals surface area contributed by atoms with Crippen molar-refractivity contribution in [2.45, 2.75) is 59.4 Å². The number of aryl methyl sites for hydroxylation is 1. The number of benzene rings is 1. The molecule has 0 aliphatic rings. The van der Waals surface area contributed by atoms with E-state index in [0.29, 0.717) is 17.4 Å². The normalized spacial score (nSPS) is 14.8. The van der Waals surface area contributed by atoms with Gasteiger partial charge in [-0.2, -0.15) is 0 Å². The number of nitrogens with two attached hydrogens (primary N) is 1. The van der Waals surface area contributed by atoms with Crippen molar-refractivity contribution in [1.82, 2.24) is 5.43 Å². The summed E-state index contributed by atoms with van der Waals surface area (Å²) in [6.45, 7) is 9.21. The summed E-state index contributed by atoms with van der Waals surface area (Å²) in [7, 11) is 1.69. The van der Waals surface area contributed by atoms with Crippen LogP contribution >= 0.6 is 0 Å². The molecule has 1 aromatic carbocycles. The molecule has 0 fully saturated rings. The van der Waals surface area contributed by atoms with E-state index in [1.165, 1.54) is 12.0 Å². The monoisotopic (exact) mass is 292 g/mol. The van der Waals surface area contributed by atoms with Gasteiger partial charge in [-0.3, -0.25) is 11.3 Å². The van der Waals surface area contributed by atoms with E-state index in [9.17, 15) is 0 Å². The quantitative estimate of drug-likeness (QED) is 0.564. The van der Waals surface area contributed by atoms with E-state index in [0.717, 1.165) is 25.0 Å². The highest BCUT2D eigenvalue weighted by molar-refractivity contribution is 5.27. The van der Waals surface area contributed by atoms with E-state index in [1.807, 2.05) is 12.1 Å². The van der Waals surface area contributed by atoms with Crippen molar-refractivity contribution in [3.05, 3.63) is 29.8 Å². The third-order valence-corrected chi connectivity index (χ3v) is 3.82. The molecule has 1 aromatic rings. The van der Waals surface area contributed by atoms with Crippen molar-refractivity contribution in [2.75, 3.05) is 7.11 Å². The topological polar surface area (TPSA) is 47.3 Å². The minimum Gasteiger partial charge on any atom is -0.497 e. The number of nitrogens with one attached hydrogen (secondary N) is 1. The second-order valence-electron chi connectivity index (χ2n) is 7.36. The molecular formula is C18H32N2O. The third kappa shape index (κ3) is 7.49. The predicted octanol–water partition coefficient (Wildman–Crippen LogP) is 3.92. The van der Waals surface area contributed by atoms with E-state index in [-0.39, 0.29) is 0 Å². The lowest BCUT2D eigenvalue weighted by Crippen LogP contribution is -2.37. The molecule has 0 spiro atoms. The van der Waals surface area contributed by atoms with Crippen LogP contribution in [0.2, 0.25) is 0 Å². The van der Waals surface area contributed by atoms with Gasteiger partial charge >= 0.3 is 0 Å². The molecular weight excluding hydrogens is 260 g/mol. The highest BCUT2D eigenvalue weighted by atomic mass is 16.5. The molecule has 21 heavy (non-hydrogen) atoms. The number of hydrogen-bond acceptors (Lipinski definition) is 3. The lowest BCUT2D eigenvalue weighted by atomic mass is 9.82. The first-order valence-electron chi connectivity index (χ1n) is 7.93. The highest BCUT2D eigenvalue weighted by Crippen LogP contribution is 2.27. The zero-order valence-electron chi connectivity index (χ0n) is 14.3. The standard InChI is InChI=1S/C18H32N2O/c1-14(13-18(2,3)4)12-16(20-19)9-6-15-7-10-17(21-5)11-8-15/h7-8,10-11,14,16,20H,6,9,12-13,19H2,1-5H3. The average molecular weight is 292 g/mol. The number of ether oxygens (including phenoxy) is 1. The maximum absolute atomic E-state index is 5.72. The fourth-order valence-electron chi connectivity index (χ4n) is 3.02. The van der Waals surface area contributed by atoms with Crippen LogP contribution in [0.4, 0.5) is 0 Å². The van der Waals surface area contributed by atoms with Crippen LogP contribution in [0.1, 0.15) is 52.5 Å². The Bertz CT molecular complexity index is 395. The van der Waals surface area contributed by atoms with E-state index in [2.05, 4.69) is 45.3 Å². The first-order valence-corrected chi connectivity index (χ1v) is 7.93. The molecule has 0 saturated heterocycles. The summed E-state index contributed by atoms with van der Waals surface area (Å²) in [5.41, 5.74) is 4.70. The fraction of sp³-hybridized carbons (Fsp3) is 0.667. The van der Waals surface area contributed by atoms with Gasteiger partial charge in [-0.1, -0.05) is 39.8 Å². The minimum atomic E-state index is 0.379. The average Bonchev–Trinajstić information content (AvgIpc) is 2.42. The molecule has 0 amide bonds. The van der Waals surface area contributed by atoms with Crippen molar-refractivity contribution in [3.63, 3.8) is 0 Å². The number of rotatable bonds is 8. The summed E-state index contributed by atoms with van der Waals surface area (Å²) in [5, 5.41) is 0. The Morgan fingerprint density at radius 3 is 2.29 bits per heavy atom. The zero-order chi connectivity index (χ0) is 15.9. The van der Waals surface area contributed by atoms with Crippen molar-refractivity contribution < 1.29 is 4.74 Å². The van der Waals surface area contributed by atoms with Crippen molar-refractivity contribution in [2.24, 2.45) is 17.2 Å². The Balaban J connectivity index is 2.42. The third-order valence-electron chi connectivity index (χ3n) is 3.82. The molecule has 0 saturated carbocycles. The molecule has 3 heteroatoms. The van der Waals surface area contributed by atoms with Crippen LogP contribution in [0.15, 0.2) is 24.3 Å². The molecule has 120 valence electrons. The number of hydrogen-bond donors (Lipinski definition) is 2. The summed E-state index contributed by atoms with van der Waals surface area (Å²) in [4.78, 5) is 0. The summed E-state index contributed by atoms with van der Waals surface area (Å²) < 4.78 is 5.18. The second kappa shape index (κ2) is 8.40. The molecule has 1 rings (SSSR count). The minimum absolute atomic E-state index is 0.379. The van der Waals surface area contributed by atoms with Gasteiger partial charge in [0, 0.05) is 6.04 Å². The van der Waals surface area contributed by atoms with E-state index >= 15 is 0 Å². The Labute approximate surface area is 130 Å². The summed E-state index contributed by atoms with van der Waals surface area (Å²) >= 11 is 0. The van der Waals surface area contributed by atoms with Crippen LogP contribution in [0.5, 0.6) is 5.75 Å². The van der Waals surface area contributed by atoms with Crippen LogP contribution in [-0.4, -0.2) is 13.2 Å². The summed E-state index contributed by atoms with van der Waals surface area (Å²) in [6.07, 6.45) is 4.47. The molecule has 2 atom stereocenters. The van der Waals surface area contributed by atoms with Gasteiger partial charge in [-0.15, -0.1) is 0 Å². The second-order valence-corrected chi connectivity index (χ2v) is 7.36. The summed E-state index contributed by atoms with van der Waals surface area (Å²) in [5.74, 6) is 7.32. The molecule has 0 radical (unpaired) electrons. The first-order chi connectivity index (χ1) is 9.84. The molecule has 0 aromatic heterocycles. The van der Waals surface area contributed by atoms with Crippen LogP contribution in [0.3, 0.4) is 0 Å². The first kappa shape index (κ1) is 18.0. The SMILES string of the molecule is COc1ccc(CCC(CC(C)CC(C)(C)C)NN)cc1. The van der Waals surface area contributed by atoms with Crippen LogP contribution in [0.25, 0.3) is 0 Å². The Kier molecular flexibility index (Phi) is 7.20. The van der Waals surface area contributed by atoms with Gasteiger partial charge in [0.15, 0.2) is 0 Å². The molecule has 0 heterocycles. The lowest BCUT2D eigenvalue weighted by Gasteiger charge is -2.26.